The van der Waals surface area contributed by atoms with Crippen LogP contribution in [-0.4, -0.2) is 32.6 Å². The lowest BCUT2D eigenvalue weighted by atomic mass is 10.0. The summed E-state index contributed by atoms with van der Waals surface area (Å²) in [7, 11) is 0. The van der Waals surface area contributed by atoms with E-state index in [1.54, 1.807) is 48.8 Å². The highest BCUT2D eigenvalue weighted by molar-refractivity contribution is 6.22. The van der Waals surface area contributed by atoms with E-state index in [0.29, 0.717) is 17.2 Å². The van der Waals surface area contributed by atoms with Crippen LogP contribution in [-0.2, 0) is 6.54 Å². The highest BCUT2D eigenvalue weighted by Gasteiger charge is 2.36. The molecule has 0 spiro atoms. The molecule has 0 saturated heterocycles. The van der Waals surface area contributed by atoms with Crippen LogP contribution in [0.25, 0.3) is 0 Å². The van der Waals surface area contributed by atoms with E-state index in [4.69, 9.17) is 9.15 Å². The van der Waals surface area contributed by atoms with Crippen molar-refractivity contribution in [1.82, 2.24) is 14.9 Å². The summed E-state index contributed by atoms with van der Waals surface area (Å²) in [5.74, 6) is -0.270. The SMILES string of the molecule is Cc1cc(Oc2ncccn2)ccc1NC(=O)c1ccc2c(c1)C(=O)N(Cc1ccco1)C2=O. The average molecular weight is 454 g/mol. The van der Waals surface area contributed by atoms with E-state index in [9.17, 15) is 14.4 Å². The van der Waals surface area contributed by atoms with Gasteiger partial charge in [-0.15, -0.1) is 0 Å². The minimum atomic E-state index is -0.466. The number of carbonyl (C=O) groups excluding carboxylic acids is 3. The zero-order chi connectivity index (χ0) is 23.7. The minimum Gasteiger partial charge on any atom is -0.467 e. The predicted molar refractivity (Wildman–Crippen MR) is 121 cm³/mol. The van der Waals surface area contributed by atoms with E-state index in [-0.39, 0.29) is 29.2 Å². The number of ether oxygens (including phenoxy) is 1. The number of aromatic nitrogens is 2. The van der Waals surface area contributed by atoms with Gasteiger partial charge in [0.2, 0.25) is 0 Å². The molecule has 168 valence electrons. The molecular weight excluding hydrogens is 436 g/mol. The third-order valence-corrected chi connectivity index (χ3v) is 5.32. The predicted octanol–water partition coefficient (Wildman–Crippen LogP) is 4.22. The molecular formula is C25H18N4O5. The number of rotatable bonds is 6. The van der Waals surface area contributed by atoms with E-state index < -0.39 is 17.7 Å². The number of nitrogens with zero attached hydrogens (tertiary/aromatic N) is 3. The van der Waals surface area contributed by atoms with Gasteiger partial charge < -0.3 is 14.5 Å². The first-order valence-corrected chi connectivity index (χ1v) is 10.4. The number of carbonyl (C=O) groups is 3. The molecule has 9 heteroatoms. The Labute approximate surface area is 194 Å². The smallest absolute Gasteiger partial charge is 0.321 e. The lowest BCUT2D eigenvalue weighted by Crippen LogP contribution is -2.28. The molecule has 2 aromatic heterocycles. The van der Waals surface area contributed by atoms with Gasteiger partial charge in [-0.3, -0.25) is 19.3 Å². The summed E-state index contributed by atoms with van der Waals surface area (Å²) in [4.78, 5) is 47.5. The standard InChI is InChI=1S/C25H18N4O5/c1-15-12-17(34-25-26-9-3-10-27-25)6-8-21(15)28-22(30)16-5-7-19-20(13-16)24(32)29(23(19)31)14-18-4-2-11-33-18/h2-13H,14H2,1H3,(H,28,30). The second-order valence-electron chi connectivity index (χ2n) is 7.60. The van der Waals surface area contributed by atoms with E-state index >= 15 is 0 Å². The summed E-state index contributed by atoms with van der Waals surface area (Å²) in [5.41, 5.74) is 2.05. The Bertz CT molecular complexity index is 1400. The van der Waals surface area contributed by atoms with Gasteiger partial charge in [0.15, 0.2) is 0 Å². The molecule has 0 radical (unpaired) electrons. The zero-order valence-corrected chi connectivity index (χ0v) is 18.0. The second-order valence-corrected chi connectivity index (χ2v) is 7.60. The monoisotopic (exact) mass is 454 g/mol. The fourth-order valence-corrected chi connectivity index (χ4v) is 3.61. The van der Waals surface area contributed by atoms with Gasteiger partial charge in [0.1, 0.15) is 11.5 Å². The molecule has 0 bridgehead atoms. The summed E-state index contributed by atoms with van der Waals surface area (Å²) >= 11 is 0. The number of fused-ring (bicyclic) bond motifs is 1. The van der Waals surface area contributed by atoms with Gasteiger partial charge in [-0.25, -0.2) is 9.97 Å². The molecule has 0 unspecified atom stereocenters. The molecule has 9 nitrogen and oxygen atoms in total. The quantitative estimate of drug-likeness (QED) is 0.434. The van der Waals surface area contributed by atoms with E-state index in [1.165, 1.54) is 24.5 Å². The van der Waals surface area contributed by atoms with Gasteiger partial charge in [0, 0.05) is 23.6 Å². The Morgan fingerprint density at radius 2 is 1.79 bits per heavy atom. The molecule has 5 rings (SSSR count). The summed E-state index contributed by atoms with van der Waals surface area (Å²) < 4.78 is 10.9. The molecule has 1 aliphatic rings. The number of furan rings is 1. The maximum atomic E-state index is 12.9. The van der Waals surface area contributed by atoms with Crippen LogP contribution in [0.3, 0.4) is 0 Å². The van der Waals surface area contributed by atoms with Crippen molar-refractivity contribution in [3.05, 3.63) is 101 Å². The van der Waals surface area contributed by atoms with Crippen molar-refractivity contribution in [2.75, 3.05) is 5.32 Å². The van der Waals surface area contributed by atoms with Gasteiger partial charge >= 0.3 is 6.01 Å². The third kappa shape index (κ3) is 4.02. The Morgan fingerprint density at radius 3 is 2.53 bits per heavy atom. The molecule has 3 amide bonds. The fraction of sp³-hybridized carbons (Fsp3) is 0.0800. The van der Waals surface area contributed by atoms with Gasteiger partial charge in [0.25, 0.3) is 17.7 Å². The molecule has 34 heavy (non-hydrogen) atoms. The number of nitrogens with one attached hydrogen (secondary N) is 1. The number of amides is 3. The van der Waals surface area contributed by atoms with Gasteiger partial charge in [-0.05, 0) is 67.1 Å². The summed E-state index contributed by atoms with van der Waals surface area (Å²) in [5, 5.41) is 2.83. The number of anilines is 1. The molecule has 1 N–H and O–H groups in total. The van der Waals surface area contributed by atoms with E-state index in [0.717, 1.165) is 10.5 Å². The number of hydrogen-bond acceptors (Lipinski definition) is 7. The molecule has 0 saturated carbocycles. The highest BCUT2D eigenvalue weighted by atomic mass is 16.5. The van der Waals surface area contributed by atoms with Crippen molar-refractivity contribution < 1.29 is 23.5 Å². The number of aryl methyl sites for hydroxylation is 1. The van der Waals surface area contributed by atoms with Crippen LogP contribution >= 0.6 is 0 Å². The van der Waals surface area contributed by atoms with Crippen LogP contribution in [0.2, 0.25) is 0 Å². The van der Waals surface area contributed by atoms with Crippen LogP contribution in [0.4, 0.5) is 5.69 Å². The van der Waals surface area contributed by atoms with Crippen molar-refractivity contribution >= 4 is 23.4 Å². The van der Waals surface area contributed by atoms with Crippen LogP contribution in [0.1, 0.15) is 42.4 Å². The molecule has 2 aromatic carbocycles. The Kier molecular flexibility index (Phi) is 5.35. The molecule has 1 aliphatic heterocycles. The van der Waals surface area contributed by atoms with Crippen molar-refractivity contribution in [1.29, 1.82) is 0 Å². The first-order chi connectivity index (χ1) is 16.5. The van der Waals surface area contributed by atoms with Crippen LogP contribution in [0, 0.1) is 6.92 Å². The second kappa shape index (κ2) is 8.62. The van der Waals surface area contributed by atoms with Crippen molar-refractivity contribution in [3.63, 3.8) is 0 Å². The van der Waals surface area contributed by atoms with Crippen molar-refractivity contribution in [3.8, 4) is 11.8 Å². The van der Waals surface area contributed by atoms with Gasteiger partial charge in [0.05, 0.1) is 23.9 Å². The minimum absolute atomic E-state index is 0.0303. The van der Waals surface area contributed by atoms with Gasteiger partial charge in [-0.2, -0.15) is 0 Å². The average Bonchev–Trinajstić information content (AvgIpc) is 3.44. The van der Waals surface area contributed by atoms with Crippen LogP contribution in [0.15, 0.2) is 77.7 Å². The zero-order valence-electron chi connectivity index (χ0n) is 18.0. The van der Waals surface area contributed by atoms with Crippen molar-refractivity contribution in [2.45, 2.75) is 13.5 Å². The Hall–Kier alpha value is -4.79. The Balaban J connectivity index is 1.31. The molecule has 3 heterocycles. The molecule has 0 aliphatic carbocycles. The van der Waals surface area contributed by atoms with Crippen molar-refractivity contribution in [2.24, 2.45) is 0 Å². The maximum Gasteiger partial charge on any atom is 0.321 e. The lowest BCUT2D eigenvalue weighted by Gasteiger charge is -2.11. The van der Waals surface area contributed by atoms with E-state index in [1.807, 2.05) is 6.92 Å². The first-order valence-electron chi connectivity index (χ1n) is 10.4. The largest absolute Gasteiger partial charge is 0.467 e. The lowest BCUT2D eigenvalue weighted by molar-refractivity contribution is 0.0631. The Morgan fingerprint density at radius 1 is 1.00 bits per heavy atom. The number of imide groups is 1. The maximum absolute atomic E-state index is 12.9. The van der Waals surface area contributed by atoms with Crippen LogP contribution < -0.4 is 10.1 Å². The molecule has 0 fully saturated rings. The third-order valence-electron chi connectivity index (χ3n) is 5.32. The number of hydrogen-bond donors (Lipinski definition) is 1. The normalized spacial score (nSPS) is 12.6. The summed E-state index contributed by atoms with van der Waals surface area (Å²) in [6, 6.07) is 14.9. The molecule has 4 aromatic rings. The van der Waals surface area contributed by atoms with E-state index in [2.05, 4.69) is 15.3 Å². The summed E-state index contributed by atoms with van der Waals surface area (Å²) in [6.45, 7) is 1.86. The first kappa shape index (κ1) is 21.1. The topological polar surface area (TPSA) is 115 Å². The molecule has 0 atom stereocenters. The summed E-state index contributed by atoms with van der Waals surface area (Å²) in [6.07, 6.45) is 4.63. The fourth-order valence-electron chi connectivity index (χ4n) is 3.61. The van der Waals surface area contributed by atoms with Crippen LogP contribution in [0.5, 0.6) is 11.8 Å². The van der Waals surface area contributed by atoms with Gasteiger partial charge in [-0.1, -0.05) is 0 Å². The number of benzene rings is 2. The highest BCUT2D eigenvalue weighted by Crippen LogP contribution is 2.27.